The van der Waals surface area contributed by atoms with Crippen LogP contribution in [0.1, 0.15) is 31.1 Å². The molecule has 0 aliphatic heterocycles. The molecule has 18 heavy (non-hydrogen) atoms. The lowest BCUT2D eigenvalue weighted by Crippen LogP contribution is -2.44. The molecule has 0 aromatic heterocycles. The Morgan fingerprint density at radius 1 is 1.28 bits per heavy atom. The number of benzene rings is 1. The second kappa shape index (κ2) is 4.64. The Morgan fingerprint density at radius 3 is 2.28 bits per heavy atom. The maximum absolute atomic E-state index is 11.2. The summed E-state index contributed by atoms with van der Waals surface area (Å²) in [4.78, 5) is 11.2. The van der Waals surface area contributed by atoms with Gasteiger partial charge in [-0.15, -0.1) is 0 Å². The summed E-state index contributed by atoms with van der Waals surface area (Å²) in [6.45, 7) is 10.7. The zero-order valence-electron chi connectivity index (χ0n) is 11.7. The first-order chi connectivity index (χ1) is 8.04. The molecule has 0 radical (unpaired) electrons. The van der Waals surface area contributed by atoms with Crippen molar-refractivity contribution in [3.8, 4) is 5.75 Å². The van der Waals surface area contributed by atoms with E-state index in [1.807, 2.05) is 0 Å². The topological polar surface area (TPSA) is 78.3 Å². The number of rotatable bonds is 3. The Balaban J connectivity index is 3.11. The van der Waals surface area contributed by atoms with Crippen LogP contribution in [-0.4, -0.2) is 14.2 Å². The highest BCUT2D eigenvalue weighted by Crippen LogP contribution is 2.38. The maximum Gasteiger partial charge on any atom is 0.250 e. The predicted molar refractivity (Wildman–Crippen MR) is 77.2 cm³/mol. The zero-order valence-corrected chi connectivity index (χ0v) is 12.7. The molecule has 0 aliphatic rings. The van der Waals surface area contributed by atoms with Gasteiger partial charge >= 0.3 is 0 Å². The van der Waals surface area contributed by atoms with Crippen LogP contribution >= 0.6 is 0 Å². The monoisotopic (exact) mass is 266 g/mol. The number of carbonyl (C=O) groups excluding carboxylic acids is 1. The van der Waals surface area contributed by atoms with E-state index in [9.17, 15) is 4.79 Å². The van der Waals surface area contributed by atoms with Gasteiger partial charge < -0.3 is 15.9 Å². The summed E-state index contributed by atoms with van der Waals surface area (Å²) in [5, 5.41) is 0.0716. The van der Waals surface area contributed by atoms with Gasteiger partial charge in [0.2, 0.25) is 5.91 Å². The standard InChI is InChI=1S/C13H22N2O2Si/c1-13(2,3)18(4,5)17-11-8-9(12(15)16)6-7-10(11)14/h6-8H,14H2,1-5H3,(H2,15,16). The second-order valence-corrected chi connectivity index (χ2v) is 10.7. The average molecular weight is 266 g/mol. The number of carbonyl (C=O) groups is 1. The summed E-state index contributed by atoms with van der Waals surface area (Å²) in [6.07, 6.45) is 0. The third-order valence-electron chi connectivity index (χ3n) is 3.47. The Morgan fingerprint density at radius 2 is 1.83 bits per heavy atom. The second-order valence-electron chi connectivity index (χ2n) is 5.98. The number of hydrogen-bond donors (Lipinski definition) is 2. The maximum atomic E-state index is 11.2. The number of hydrogen-bond acceptors (Lipinski definition) is 3. The fourth-order valence-electron chi connectivity index (χ4n) is 1.20. The first-order valence-corrected chi connectivity index (χ1v) is 8.84. The number of primary amides is 1. The minimum Gasteiger partial charge on any atom is -0.542 e. The lowest BCUT2D eigenvalue weighted by atomic mass is 10.2. The van der Waals surface area contributed by atoms with Crippen molar-refractivity contribution in [2.24, 2.45) is 5.73 Å². The van der Waals surface area contributed by atoms with Crippen molar-refractivity contribution in [2.75, 3.05) is 5.73 Å². The molecule has 0 fully saturated rings. The van der Waals surface area contributed by atoms with E-state index in [4.69, 9.17) is 15.9 Å². The van der Waals surface area contributed by atoms with E-state index < -0.39 is 14.2 Å². The smallest absolute Gasteiger partial charge is 0.250 e. The Hall–Kier alpha value is -1.49. The summed E-state index contributed by atoms with van der Waals surface area (Å²) in [6, 6.07) is 4.89. The van der Waals surface area contributed by atoms with Crippen molar-refractivity contribution in [2.45, 2.75) is 38.9 Å². The van der Waals surface area contributed by atoms with Crippen LogP contribution in [0.5, 0.6) is 5.75 Å². The van der Waals surface area contributed by atoms with E-state index in [0.717, 1.165) is 0 Å². The Bertz CT molecular complexity index is 465. The van der Waals surface area contributed by atoms with Crippen molar-refractivity contribution in [1.29, 1.82) is 0 Å². The molecular formula is C13H22N2O2Si. The molecule has 0 spiro atoms. The molecule has 1 aromatic carbocycles. The summed E-state index contributed by atoms with van der Waals surface area (Å²) in [5.74, 6) is 0.0768. The summed E-state index contributed by atoms with van der Waals surface area (Å²) in [7, 11) is -1.97. The molecule has 4 N–H and O–H groups in total. The van der Waals surface area contributed by atoms with E-state index >= 15 is 0 Å². The normalized spacial score (nSPS) is 12.3. The third kappa shape index (κ3) is 3.04. The first-order valence-electron chi connectivity index (χ1n) is 5.93. The van der Waals surface area contributed by atoms with E-state index in [0.29, 0.717) is 17.0 Å². The van der Waals surface area contributed by atoms with Gasteiger partial charge in [-0.2, -0.15) is 0 Å². The number of amides is 1. The van der Waals surface area contributed by atoms with Crippen LogP contribution in [0, 0.1) is 0 Å². The molecule has 1 rings (SSSR count). The van der Waals surface area contributed by atoms with Gasteiger partial charge in [0.05, 0.1) is 5.69 Å². The first kappa shape index (κ1) is 14.6. The molecule has 1 amide bonds. The molecular weight excluding hydrogens is 244 g/mol. The van der Waals surface area contributed by atoms with Crippen molar-refractivity contribution in [3.05, 3.63) is 23.8 Å². The van der Waals surface area contributed by atoms with Gasteiger partial charge in [0.25, 0.3) is 8.32 Å². The highest BCUT2D eigenvalue weighted by atomic mass is 28.4. The molecule has 0 aliphatic carbocycles. The van der Waals surface area contributed by atoms with Gasteiger partial charge in [-0.3, -0.25) is 4.79 Å². The van der Waals surface area contributed by atoms with Crippen molar-refractivity contribution >= 4 is 19.9 Å². The minimum atomic E-state index is -1.97. The fourth-order valence-corrected chi connectivity index (χ4v) is 2.24. The van der Waals surface area contributed by atoms with Crippen LogP contribution in [0.4, 0.5) is 5.69 Å². The van der Waals surface area contributed by atoms with Crippen LogP contribution in [0.2, 0.25) is 18.1 Å². The lowest BCUT2D eigenvalue weighted by molar-refractivity contribution is 0.1000. The summed E-state index contributed by atoms with van der Waals surface area (Å²) in [5.41, 5.74) is 12.1. The SMILES string of the molecule is CC(C)(C)[Si](C)(C)Oc1cc(C(N)=O)ccc1N. The van der Waals surface area contributed by atoms with Gasteiger partial charge in [-0.05, 0) is 36.3 Å². The van der Waals surface area contributed by atoms with E-state index in [1.165, 1.54) is 0 Å². The molecule has 1 aromatic rings. The molecule has 0 atom stereocenters. The van der Waals surface area contributed by atoms with Gasteiger partial charge in [0.1, 0.15) is 5.75 Å². The fraction of sp³-hybridized carbons (Fsp3) is 0.462. The zero-order chi connectivity index (χ0) is 14.1. The third-order valence-corrected chi connectivity index (χ3v) is 7.81. The van der Waals surface area contributed by atoms with Crippen LogP contribution in [0.25, 0.3) is 0 Å². The lowest BCUT2D eigenvalue weighted by Gasteiger charge is -2.36. The molecule has 0 unspecified atom stereocenters. The highest BCUT2D eigenvalue weighted by molar-refractivity contribution is 6.74. The largest absolute Gasteiger partial charge is 0.542 e. The molecule has 0 saturated heterocycles. The van der Waals surface area contributed by atoms with Gasteiger partial charge in [0.15, 0.2) is 0 Å². The molecule has 4 nitrogen and oxygen atoms in total. The van der Waals surface area contributed by atoms with Crippen LogP contribution in [-0.2, 0) is 0 Å². The summed E-state index contributed by atoms with van der Waals surface area (Å²) < 4.78 is 6.09. The molecule has 0 heterocycles. The molecule has 5 heteroatoms. The number of nitrogens with two attached hydrogens (primary N) is 2. The van der Waals surface area contributed by atoms with E-state index in [1.54, 1.807) is 18.2 Å². The molecule has 0 saturated carbocycles. The Labute approximate surface area is 109 Å². The van der Waals surface area contributed by atoms with Crippen LogP contribution in [0.3, 0.4) is 0 Å². The Kier molecular flexibility index (Phi) is 3.76. The van der Waals surface area contributed by atoms with Crippen molar-refractivity contribution in [3.63, 3.8) is 0 Å². The molecule has 100 valence electrons. The van der Waals surface area contributed by atoms with Crippen molar-refractivity contribution < 1.29 is 9.22 Å². The van der Waals surface area contributed by atoms with Gasteiger partial charge in [-0.1, -0.05) is 20.8 Å². The van der Waals surface area contributed by atoms with Gasteiger partial charge in [0, 0.05) is 5.56 Å². The minimum absolute atomic E-state index is 0.0716. The van der Waals surface area contributed by atoms with Crippen LogP contribution < -0.4 is 15.9 Å². The number of anilines is 1. The van der Waals surface area contributed by atoms with Crippen molar-refractivity contribution in [1.82, 2.24) is 0 Å². The predicted octanol–water partition coefficient (Wildman–Crippen LogP) is 2.75. The molecule has 0 bridgehead atoms. The van der Waals surface area contributed by atoms with Crippen LogP contribution in [0.15, 0.2) is 18.2 Å². The van der Waals surface area contributed by atoms with E-state index in [-0.39, 0.29) is 5.04 Å². The quantitative estimate of drug-likeness (QED) is 0.652. The average Bonchev–Trinajstić information content (AvgIpc) is 2.18. The highest BCUT2D eigenvalue weighted by Gasteiger charge is 2.39. The van der Waals surface area contributed by atoms with E-state index in [2.05, 4.69) is 33.9 Å². The number of nitrogen functional groups attached to an aromatic ring is 1. The summed E-state index contributed by atoms with van der Waals surface area (Å²) >= 11 is 0. The van der Waals surface area contributed by atoms with Gasteiger partial charge in [-0.25, -0.2) is 0 Å².